The SMILES string of the molecule is CCc1ccc(-c2nc(SCc3nnc(-c4cccc(Br)c4)o3)n[nH]2)cc1. The molecule has 27 heavy (non-hydrogen) atoms. The Morgan fingerprint density at radius 3 is 2.70 bits per heavy atom. The molecule has 0 unspecified atom stereocenters. The van der Waals surface area contributed by atoms with Gasteiger partial charge in [-0.3, -0.25) is 5.10 Å². The molecule has 0 spiro atoms. The van der Waals surface area contributed by atoms with Gasteiger partial charge in [-0.2, -0.15) is 0 Å². The topological polar surface area (TPSA) is 80.5 Å². The molecule has 0 atom stereocenters. The average molecular weight is 442 g/mol. The molecule has 0 radical (unpaired) electrons. The summed E-state index contributed by atoms with van der Waals surface area (Å²) in [6.45, 7) is 2.14. The summed E-state index contributed by atoms with van der Waals surface area (Å²) in [5.41, 5.74) is 3.19. The van der Waals surface area contributed by atoms with Crippen molar-refractivity contribution in [3.8, 4) is 22.8 Å². The molecule has 4 aromatic rings. The highest BCUT2D eigenvalue weighted by atomic mass is 79.9. The van der Waals surface area contributed by atoms with Gasteiger partial charge in [-0.05, 0) is 30.2 Å². The number of aromatic amines is 1. The standard InChI is InChI=1S/C19H16BrN5OS/c1-2-12-6-8-13(9-7-12)17-21-19(25-23-17)27-11-16-22-24-18(26-16)14-4-3-5-15(20)10-14/h3-10H,2,11H2,1H3,(H,21,23,25). The Labute approximate surface area is 169 Å². The Bertz CT molecular complexity index is 1040. The molecule has 136 valence electrons. The summed E-state index contributed by atoms with van der Waals surface area (Å²) in [4.78, 5) is 4.53. The molecule has 2 aromatic heterocycles. The highest BCUT2D eigenvalue weighted by Gasteiger charge is 2.12. The molecule has 8 heteroatoms. The van der Waals surface area contributed by atoms with Crippen molar-refractivity contribution in [1.29, 1.82) is 0 Å². The summed E-state index contributed by atoms with van der Waals surface area (Å²) in [6, 6.07) is 16.1. The van der Waals surface area contributed by atoms with E-state index in [1.165, 1.54) is 17.3 Å². The third-order valence-electron chi connectivity index (χ3n) is 3.96. The fourth-order valence-electron chi connectivity index (χ4n) is 2.51. The molecule has 0 saturated carbocycles. The molecule has 0 bridgehead atoms. The van der Waals surface area contributed by atoms with Gasteiger partial charge in [-0.15, -0.1) is 15.3 Å². The third kappa shape index (κ3) is 4.28. The fraction of sp³-hybridized carbons (Fsp3) is 0.158. The van der Waals surface area contributed by atoms with Gasteiger partial charge in [0.15, 0.2) is 5.82 Å². The maximum atomic E-state index is 5.73. The minimum Gasteiger partial charge on any atom is -0.420 e. The first-order chi connectivity index (χ1) is 13.2. The quantitative estimate of drug-likeness (QED) is 0.417. The maximum absolute atomic E-state index is 5.73. The number of nitrogens with zero attached hydrogens (tertiary/aromatic N) is 4. The highest BCUT2D eigenvalue weighted by Crippen LogP contribution is 2.25. The van der Waals surface area contributed by atoms with Crippen LogP contribution in [0.4, 0.5) is 0 Å². The number of thioether (sulfide) groups is 1. The number of hydrogen-bond acceptors (Lipinski definition) is 6. The highest BCUT2D eigenvalue weighted by molar-refractivity contribution is 9.10. The molecular weight excluding hydrogens is 426 g/mol. The molecular formula is C19H16BrN5OS. The monoisotopic (exact) mass is 441 g/mol. The van der Waals surface area contributed by atoms with Gasteiger partial charge in [0.2, 0.25) is 16.9 Å². The van der Waals surface area contributed by atoms with Crippen LogP contribution in [-0.4, -0.2) is 25.4 Å². The van der Waals surface area contributed by atoms with E-state index in [0.717, 1.165) is 27.8 Å². The normalized spacial score (nSPS) is 11.0. The fourth-order valence-corrected chi connectivity index (χ4v) is 3.55. The summed E-state index contributed by atoms with van der Waals surface area (Å²) in [5.74, 6) is 2.29. The number of H-pyrrole nitrogens is 1. The van der Waals surface area contributed by atoms with Crippen molar-refractivity contribution in [2.45, 2.75) is 24.3 Å². The number of halogens is 1. The van der Waals surface area contributed by atoms with Gasteiger partial charge in [0.1, 0.15) is 0 Å². The van der Waals surface area contributed by atoms with Gasteiger partial charge in [0.05, 0.1) is 5.75 Å². The smallest absolute Gasteiger partial charge is 0.247 e. The van der Waals surface area contributed by atoms with E-state index in [1.54, 1.807) is 0 Å². The first-order valence-electron chi connectivity index (χ1n) is 8.44. The molecule has 0 aliphatic carbocycles. The van der Waals surface area contributed by atoms with Crippen LogP contribution >= 0.6 is 27.7 Å². The summed E-state index contributed by atoms with van der Waals surface area (Å²) in [6.07, 6.45) is 1.02. The van der Waals surface area contributed by atoms with E-state index in [-0.39, 0.29) is 0 Å². The Morgan fingerprint density at radius 1 is 1.07 bits per heavy atom. The van der Waals surface area contributed by atoms with Crippen molar-refractivity contribution in [2.24, 2.45) is 0 Å². The molecule has 0 amide bonds. The molecule has 0 aliphatic rings. The molecule has 0 fully saturated rings. The van der Waals surface area contributed by atoms with E-state index in [9.17, 15) is 0 Å². The first kappa shape index (κ1) is 17.9. The summed E-state index contributed by atoms with van der Waals surface area (Å²) < 4.78 is 6.70. The van der Waals surface area contributed by atoms with Crippen molar-refractivity contribution in [1.82, 2.24) is 25.4 Å². The Hall–Kier alpha value is -2.45. The van der Waals surface area contributed by atoms with Crippen LogP contribution in [-0.2, 0) is 12.2 Å². The molecule has 2 aromatic carbocycles. The second-order valence-electron chi connectivity index (χ2n) is 5.82. The van der Waals surface area contributed by atoms with E-state index in [2.05, 4.69) is 72.5 Å². The largest absolute Gasteiger partial charge is 0.420 e. The van der Waals surface area contributed by atoms with E-state index >= 15 is 0 Å². The molecule has 0 aliphatic heterocycles. The Morgan fingerprint density at radius 2 is 1.93 bits per heavy atom. The zero-order valence-corrected chi connectivity index (χ0v) is 16.9. The van der Waals surface area contributed by atoms with E-state index in [4.69, 9.17) is 4.42 Å². The molecule has 4 rings (SSSR count). The van der Waals surface area contributed by atoms with Gasteiger partial charge >= 0.3 is 0 Å². The minimum atomic E-state index is 0.499. The van der Waals surface area contributed by atoms with Crippen LogP contribution in [0.5, 0.6) is 0 Å². The van der Waals surface area contributed by atoms with Crippen LogP contribution in [0.3, 0.4) is 0 Å². The van der Waals surface area contributed by atoms with Crippen LogP contribution in [0, 0.1) is 0 Å². The Kier molecular flexibility index (Phi) is 5.35. The van der Waals surface area contributed by atoms with Gasteiger partial charge < -0.3 is 4.42 Å². The lowest BCUT2D eigenvalue weighted by atomic mass is 10.1. The molecule has 1 N–H and O–H groups in total. The second-order valence-corrected chi connectivity index (χ2v) is 7.68. The lowest BCUT2D eigenvalue weighted by Crippen LogP contribution is -1.84. The van der Waals surface area contributed by atoms with Crippen LogP contribution < -0.4 is 0 Å². The van der Waals surface area contributed by atoms with Gasteiger partial charge in [-0.1, -0.05) is 64.9 Å². The van der Waals surface area contributed by atoms with Gasteiger partial charge in [-0.25, -0.2) is 4.98 Å². The zero-order valence-electron chi connectivity index (χ0n) is 14.5. The van der Waals surface area contributed by atoms with E-state index < -0.39 is 0 Å². The minimum absolute atomic E-state index is 0.499. The van der Waals surface area contributed by atoms with Crippen molar-refractivity contribution < 1.29 is 4.42 Å². The van der Waals surface area contributed by atoms with Gasteiger partial charge in [0.25, 0.3) is 0 Å². The molecule has 2 heterocycles. The lowest BCUT2D eigenvalue weighted by molar-refractivity contribution is 0.528. The predicted molar refractivity (Wildman–Crippen MR) is 108 cm³/mol. The van der Waals surface area contributed by atoms with Crippen LogP contribution in [0.15, 0.2) is 62.6 Å². The third-order valence-corrected chi connectivity index (χ3v) is 5.29. The summed E-state index contributed by atoms with van der Waals surface area (Å²) in [5, 5.41) is 16.1. The van der Waals surface area contributed by atoms with Gasteiger partial charge in [0, 0.05) is 15.6 Å². The summed E-state index contributed by atoms with van der Waals surface area (Å²) in [7, 11) is 0. The van der Waals surface area contributed by atoms with Crippen molar-refractivity contribution in [3.05, 3.63) is 64.5 Å². The van der Waals surface area contributed by atoms with Crippen molar-refractivity contribution in [3.63, 3.8) is 0 Å². The number of benzene rings is 2. The van der Waals surface area contributed by atoms with E-state index in [0.29, 0.717) is 22.7 Å². The number of rotatable bonds is 6. The number of nitrogens with one attached hydrogen (secondary N) is 1. The molecule has 6 nitrogen and oxygen atoms in total. The maximum Gasteiger partial charge on any atom is 0.247 e. The molecule has 0 saturated heterocycles. The van der Waals surface area contributed by atoms with Crippen LogP contribution in [0.2, 0.25) is 0 Å². The second kappa shape index (κ2) is 8.06. The number of aryl methyl sites for hydroxylation is 1. The van der Waals surface area contributed by atoms with E-state index in [1.807, 2.05) is 24.3 Å². The van der Waals surface area contributed by atoms with Crippen LogP contribution in [0.1, 0.15) is 18.4 Å². The number of aromatic nitrogens is 5. The zero-order chi connectivity index (χ0) is 18.6. The number of hydrogen-bond donors (Lipinski definition) is 1. The lowest BCUT2D eigenvalue weighted by Gasteiger charge is -1.98. The first-order valence-corrected chi connectivity index (χ1v) is 10.2. The average Bonchev–Trinajstić information content (AvgIpc) is 3.36. The van der Waals surface area contributed by atoms with Crippen LogP contribution in [0.25, 0.3) is 22.8 Å². The summed E-state index contributed by atoms with van der Waals surface area (Å²) >= 11 is 4.89. The van der Waals surface area contributed by atoms with Crippen molar-refractivity contribution >= 4 is 27.7 Å². The Balaban J connectivity index is 1.41. The van der Waals surface area contributed by atoms with Crippen molar-refractivity contribution in [2.75, 3.05) is 0 Å². The predicted octanol–water partition coefficient (Wildman–Crippen LogP) is 5.14.